The number of hydrogen-bond acceptors (Lipinski definition) is 4. The number of amides is 1. The first-order chi connectivity index (χ1) is 15.6. The van der Waals surface area contributed by atoms with Crippen molar-refractivity contribution in [2.75, 3.05) is 5.32 Å². The van der Waals surface area contributed by atoms with Crippen molar-refractivity contribution in [2.45, 2.75) is 6.92 Å². The van der Waals surface area contributed by atoms with E-state index in [4.69, 9.17) is 16.3 Å². The molecule has 7 heteroatoms. The van der Waals surface area contributed by atoms with E-state index in [1.165, 1.54) is 11.3 Å². The smallest absolute Gasteiger partial charge is 0.265 e. The van der Waals surface area contributed by atoms with Crippen LogP contribution >= 0.6 is 22.9 Å². The Balaban J connectivity index is 1.39. The number of aromatic nitrogens is 2. The summed E-state index contributed by atoms with van der Waals surface area (Å²) in [5, 5.41) is 9.21. The predicted octanol–water partition coefficient (Wildman–Crippen LogP) is 7.09. The lowest BCUT2D eigenvalue weighted by atomic mass is 10.2. The van der Waals surface area contributed by atoms with E-state index in [0.717, 1.165) is 27.3 Å². The standard InChI is InChI=1S/C25H18ClN3O2S/c1-16-22-15-23(32-25(22)29(28-16)19-12-10-17(26)11-13-19)24(30)27-18-6-5-9-21(14-18)31-20-7-3-2-4-8-20/h2-15H,1H3,(H,27,30). The lowest BCUT2D eigenvalue weighted by Gasteiger charge is -2.08. The number of anilines is 1. The number of fused-ring (bicyclic) bond motifs is 1. The fourth-order valence-electron chi connectivity index (χ4n) is 3.37. The summed E-state index contributed by atoms with van der Waals surface area (Å²) in [5.74, 6) is 1.22. The molecule has 2 aromatic heterocycles. The third-order valence-electron chi connectivity index (χ3n) is 4.91. The van der Waals surface area contributed by atoms with Crippen LogP contribution in [0, 0.1) is 6.92 Å². The Labute approximate surface area is 193 Å². The highest BCUT2D eigenvalue weighted by molar-refractivity contribution is 7.20. The van der Waals surface area contributed by atoms with Crippen molar-refractivity contribution in [2.24, 2.45) is 0 Å². The summed E-state index contributed by atoms with van der Waals surface area (Å²) in [6.07, 6.45) is 0. The van der Waals surface area contributed by atoms with Crippen LogP contribution in [-0.2, 0) is 0 Å². The molecule has 5 nitrogen and oxygen atoms in total. The van der Waals surface area contributed by atoms with E-state index in [2.05, 4.69) is 10.4 Å². The number of nitrogens with one attached hydrogen (secondary N) is 1. The minimum atomic E-state index is -0.176. The molecule has 0 atom stereocenters. The van der Waals surface area contributed by atoms with Gasteiger partial charge in [0.1, 0.15) is 16.3 Å². The average Bonchev–Trinajstić information content (AvgIpc) is 3.36. The number of nitrogens with zero attached hydrogens (tertiary/aromatic N) is 2. The van der Waals surface area contributed by atoms with Gasteiger partial charge >= 0.3 is 0 Å². The highest BCUT2D eigenvalue weighted by Crippen LogP contribution is 2.31. The molecule has 0 bridgehead atoms. The predicted molar refractivity (Wildman–Crippen MR) is 130 cm³/mol. The number of benzene rings is 3. The fourth-order valence-corrected chi connectivity index (χ4v) is 4.58. The van der Waals surface area contributed by atoms with Crippen LogP contribution in [0.3, 0.4) is 0 Å². The lowest BCUT2D eigenvalue weighted by molar-refractivity contribution is 0.103. The molecule has 1 N–H and O–H groups in total. The maximum Gasteiger partial charge on any atom is 0.265 e. The first-order valence-corrected chi connectivity index (χ1v) is 11.2. The zero-order valence-electron chi connectivity index (χ0n) is 17.1. The number of rotatable bonds is 5. The monoisotopic (exact) mass is 459 g/mol. The Morgan fingerprint density at radius 3 is 2.50 bits per heavy atom. The number of carbonyl (C=O) groups is 1. The minimum absolute atomic E-state index is 0.176. The first-order valence-electron chi connectivity index (χ1n) is 9.96. The number of ether oxygens (including phenoxy) is 1. The summed E-state index contributed by atoms with van der Waals surface area (Å²) < 4.78 is 7.71. The second-order valence-corrected chi connectivity index (χ2v) is 8.67. The molecule has 158 valence electrons. The number of aryl methyl sites for hydroxylation is 1. The van der Waals surface area contributed by atoms with E-state index < -0.39 is 0 Å². The van der Waals surface area contributed by atoms with E-state index in [9.17, 15) is 4.79 Å². The normalized spacial score (nSPS) is 10.9. The molecule has 0 spiro atoms. The maximum absolute atomic E-state index is 13.0. The van der Waals surface area contributed by atoms with Crippen molar-refractivity contribution in [1.82, 2.24) is 9.78 Å². The van der Waals surface area contributed by atoms with E-state index >= 15 is 0 Å². The summed E-state index contributed by atoms with van der Waals surface area (Å²) in [5.41, 5.74) is 2.42. The summed E-state index contributed by atoms with van der Waals surface area (Å²) in [7, 11) is 0. The van der Waals surface area contributed by atoms with Crippen LogP contribution in [-0.4, -0.2) is 15.7 Å². The van der Waals surface area contributed by atoms with Crippen molar-refractivity contribution in [3.63, 3.8) is 0 Å². The van der Waals surface area contributed by atoms with Crippen LogP contribution in [0.4, 0.5) is 5.69 Å². The van der Waals surface area contributed by atoms with E-state index in [1.54, 1.807) is 6.07 Å². The molecule has 2 heterocycles. The Bertz CT molecular complexity index is 1410. The number of thiophene rings is 1. The van der Waals surface area contributed by atoms with Crippen LogP contribution < -0.4 is 10.1 Å². The molecule has 1 amide bonds. The summed E-state index contributed by atoms with van der Waals surface area (Å²) in [6, 6.07) is 26.2. The zero-order chi connectivity index (χ0) is 22.1. The molecule has 0 aliphatic heterocycles. The first kappa shape index (κ1) is 20.3. The van der Waals surface area contributed by atoms with Gasteiger partial charge in [-0.05, 0) is 61.5 Å². The third kappa shape index (κ3) is 4.10. The molecule has 0 fully saturated rings. The second kappa shape index (κ2) is 8.49. The Hall–Kier alpha value is -3.61. The number of hydrogen-bond donors (Lipinski definition) is 1. The Morgan fingerprint density at radius 2 is 1.72 bits per heavy atom. The van der Waals surface area contributed by atoms with Gasteiger partial charge in [-0.15, -0.1) is 11.3 Å². The highest BCUT2D eigenvalue weighted by Gasteiger charge is 2.17. The van der Waals surface area contributed by atoms with Crippen molar-refractivity contribution < 1.29 is 9.53 Å². The minimum Gasteiger partial charge on any atom is -0.457 e. The lowest BCUT2D eigenvalue weighted by Crippen LogP contribution is -2.10. The van der Waals surface area contributed by atoms with Crippen molar-refractivity contribution >= 4 is 44.7 Å². The van der Waals surface area contributed by atoms with Gasteiger partial charge in [-0.1, -0.05) is 35.9 Å². The number of halogens is 1. The SMILES string of the molecule is Cc1nn(-c2ccc(Cl)cc2)c2sc(C(=O)Nc3cccc(Oc4ccccc4)c3)cc12. The van der Waals surface area contributed by atoms with Gasteiger partial charge in [0, 0.05) is 22.2 Å². The molecular formula is C25H18ClN3O2S. The van der Waals surface area contributed by atoms with Gasteiger partial charge in [-0.25, -0.2) is 4.68 Å². The molecule has 0 aliphatic rings. The molecular weight excluding hydrogens is 442 g/mol. The quantitative estimate of drug-likeness (QED) is 0.305. The molecule has 0 aliphatic carbocycles. The average molecular weight is 460 g/mol. The van der Waals surface area contributed by atoms with Crippen molar-refractivity contribution in [1.29, 1.82) is 0 Å². The summed E-state index contributed by atoms with van der Waals surface area (Å²) in [4.78, 5) is 14.5. The second-order valence-electron chi connectivity index (χ2n) is 7.20. The van der Waals surface area contributed by atoms with Gasteiger partial charge in [0.2, 0.25) is 0 Å². The molecule has 0 saturated carbocycles. The van der Waals surface area contributed by atoms with Gasteiger partial charge in [-0.2, -0.15) is 5.10 Å². The number of para-hydroxylation sites is 1. The molecule has 0 saturated heterocycles. The largest absolute Gasteiger partial charge is 0.457 e. The Morgan fingerprint density at radius 1 is 0.969 bits per heavy atom. The topological polar surface area (TPSA) is 56.2 Å². The van der Waals surface area contributed by atoms with E-state index in [-0.39, 0.29) is 5.91 Å². The van der Waals surface area contributed by atoms with Crippen LogP contribution in [0.25, 0.3) is 15.9 Å². The van der Waals surface area contributed by atoms with Crippen molar-refractivity contribution in [3.8, 4) is 17.2 Å². The van der Waals surface area contributed by atoms with Gasteiger partial charge in [0.15, 0.2) is 0 Å². The molecule has 0 radical (unpaired) electrons. The van der Waals surface area contributed by atoms with Gasteiger partial charge in [-0.3, -0.25) is 4.79 Å². The van der Waals surface area contributed by atoms with Gasteiger partial charge in [0.05, 0.1) is 16.3 Å². The molecule has 32 heavy (non-hydrogen) atoms. The third-order valence-corrected chi connectivity index (χ3v) is 6.27. The summed E-state index contributed by atoms with van der Waals surface area (Å²) in [6.45, 7) is 1.94. The van der Waals surface area contributed by atoms with Crippen LogP contribution in [0.15, 0.2) is 84.9 Å². The molecule has 0 unspecified atom stereocenters. The van der Waals surface area contributed by atoms with Crippen molar-refractivity contribution in [3.05, 3.63) is 101 Å². The summed E-state index contributed by atoms with van der Waals surface area (Å²) >= 11 is 7.41. The van der Waals surface area contributed by atoms with Crippen LogP contribution in [0.5, 0.6) is 11.5 Å². The van der Waals surface area contributed by atoms with E-state index in [1.807, 2.05) is 90.5 Å². The highest BCUT2D eigenvalue weighted by atomic mass is 35.5. The fraction of sp³-hybridized carbons (Fsp3) is 0.0400. The molecule has 5 rings (SSSR count). The van der Waals surface area contributed by atoms with Crippen LogP contribution in [0.2, 0.25) is 5.02 Å². The van der Waals surface area contributed by atoms with Gasteiger partial charge in [0.25, 0.3) is 5.91 Å². The number of carbonyl (C=O) groups excluding carboxylic acids is 1. The van der Waals surface area contributed by atoms with Gasteiger partial charge < -0.3 is 10.1 Å². The molecule has 5 aromatic rings. The zero-order valence-corrected chi connectivity index (χ0v) is 18.7. The van der Waals surface area contributed by atoms with E-state index in [0.29, 0.717) is 21.3 Å². The molecule has 3 aromatic carbocycles. The van der Waals surface area contributed by atoms with Crippen LogP contribution in [0.1, 0.15) is 15.4 Å². The Kier molecular flexibility index (Phi) is 5.39. The maximum atomic E-state index is 13.0.